The molecule has 0 radical (unpaired) electrons. The van der Waals surface area contributed by atoms with Crippen LogP contribution in [0, 0.1) is 11.3 Å². The number of rotatable bonds is 7. The molecular weight excluding hydrogens is 404 g/mol. The summed E-state index contributed by atoms with van der Waals surface area (Å²) in [5.41, 5.74) is 2.20. The Morgan fingerprint density at radius 2 is 1.78 bits per heavy atom. The molecule has 2 amide bonds. The molecule has 0 bridgehead atoms. The summed E-state index contributed by atoms with van der Waals surface area (Å²) in [6, 6.07) is 8.55. The van der Waals surface area contributed by atoms with Crippen LogP contribution in [0.4, 0.5) is 0 Å². The monoisotopic (exact) mass is 442 g/mol. The van der Waals surface area contributed by atoms with Crippen molar-refractivity contribution in [1.82, 2.24) is 9.80 Å². The third-order valence-corrected chi connectivity index (χ3v) is 7.68. The summed E-state index contributed by atoms with van der Waals surface area (Å²) < 4.78 is 10.4. The van der Waals surface area contributed by atoms with Crippen LogP contribution < -0.4 is 0 Å². The molecule has 3 aliphatic rings. The molecule has 0 atom stereocenters. The largest absolute Gasteiger partial charge is 0.382 e. The van der Waals surface area contributed by atoms with Crippen molar-refractivity contribution < 1.29 is 19.1 Å². The summed E-state index contributed by atoms with van der Waals surface area (Å²) in [6.45, 7) is 3.84. The second kappa shape index (κ2) is 10.8. The lowest BCUT2D eigenvalue weighted by atomic mass is 9.72. The van der Waals surface area contributed by atoms with Gasteiger partial charge in [-0.15, -0.1) is 0 Å². The average molecular weight is 443 g/mol. The second-order valence-electron chi connectivity index (χ2n) is 9.84. The van der Waals surface area contributed by atoms with Crippen LogP contribution in [0.15, 0.2) is 24.3 Å². The highest BCUT2D eigenvalue weighted by Gasteiger charge is 2.46. The van der Waals surface area contributed by atoms with Gasteiger partial charge in [-0.05, 0) is 49.1 Å². The summed E-state index contributed by atoms with van der Waals surface area (Å²) in [6.07, 6.45) is 8.63. The van der Waals surface area contributed by atoms with Gasteiger partial charge in [0.2, 0.25) is 11.8 Å². The van der Waals surface area contributed by atoms with Crippen LogP contribution in [0.25, 0.3) is 0 Å². The number of hydrogen-bond acceptors (Lipinski definition) is 4. The molecule has 0 N–H and O–H groups in total. The predicted molar refractivity (Wildman–Crippen MR) is 123 cm³/mol. The van der Waals surface area contributed by atoms with Crippen molar-refractivity contribution in [1.29, 1.82) is 0 Å². The fraction of sp³-hybridized carbons (Fsp3) is 0.692. The van der Waals surface area contributed by atoms with Gasteiger partial charge in [-0.2, -0.15) is 0 Å². The van der Waals surface area contributed by atoms with Gasteiger partial charge in [0.1, 0.15) is 6.61 Å². The molecule has 2 aliphatic heterocycles. The number of carbonyl (C=O) groups is 2. The second-order valence-corrected chi connectivity index (χ2v) is 9.84. The normalized spacial score (nSPS) is 21.5. The zero-order valence-corrected chi connectivity index (χ0v) is 19.5. The quantitative estimate of drug-likeness (QED) is 0.607. The van der Waals surface area contributed by atoms with Crippen molar-refractivity contribution in [2.45, 2.75) is 57.9 Å². The number of benzene rings is 1. The molecule has 0 unspecified atom stereocenters. The number of methoxy groups -OCH3 is 1. The summed E-state index contributed by atoms with van der Waals surface area (Å²) in [4.78, 5) is 30.6. The molecule has 2 fully saturated rings. The highest BCUT2D eigenvalue weighted by atomic mass is 16.5. The van der Waals surface area contributed by atoms with Gasteiger partial charge < -0.3 is 19.3 Å². The minimum atomic E-state index is -0.394. The van der Waals surface area contributed by atoms with Crippen LogP contribution in [-0.2, 0) is 32.0 Å². The van der Waals surface area contributed by atoms with E-state index in [-0.39, 0.29) is 12.5 Å². The van der Waals surface area contributed by atoms with E-state index in [1.165, 1.54) is 43.2 Å². The summed E-state index contributed by atoms with van der Waals surface area (Å²) in [7, 11) is 1.62. The molecular formula is C26H38N2O4. The van der Waals surface area contributed by atoms with E-state index in [0.29, 0.717) is 38.1 Å². The van der Waals surface area contributed by atoms with Crippen molar-refractivity contribution >= 4 is 11.8 Å². The summed E-state index contributed by atoms with van der Waals surface area (Å²) >= 11 is 0. The third-order valence-electron chi connectivity index (χ3n) is 7.68. The molecule has 32 heavy (non-hydrogen) atoms. The molecule has 1 aliphatic carbocycles. The zero-order chi connectivity index (χ0) is 22.4. The number of carbonyl (C=O) groups excluding carboxylic acids is 2. The minimum Gasteiger partial charge on any atom is -0.382 e. The van der Waals surface area contributed by atoms with Gasteiger partial charge in [0.05, 0.1) is 18.6 Å². The van der Waals surface area contributed by atoms with Gasteiger partial charge in [0.15, 0.2) is 0 Å². The maximum absolute atomic E-state index is 14.0. The van der Waals surface area contributed by atoms with Crippen LogP contribution in [-0.4, -0.2) is 68.2 Å². The predicted octanol–water partition coefficient (Wildman–Crippen LogP) is 3.42. The third kappa shape index (κ3) is 5.34. The SMILES string of the molecule is COCCOCC(=O)N1CCC2(CC1)Cc1ccccc1CN(CC1CCCCC1)C2=O. The Morgan fingerprint density at radius 3 is 2.50 bits per heavy atom. The molecule has 4 rings (SSSR count). The molecule has 2 heterocycles. The van der Waals surface area contributed by atoms with E-state index in [1.807, 2.05) is 4.90 Å². The number of amides is 2. The molecule has 1 saturated heterocycles. The van der Waals surface area contributed by atoms with Crippen molar-refractivity contribution in [2.24, 2.45) is 11.3 Å². The number of hydrogen-bond donors (Lipinski definition) is 0. The smallest absolute Gasteiger partial charge is 0.248 e. The van der Waals surface area contributed by atoms with Gasteiger partial charge in [0.25, 0.3) is 0 Å². The fourth-order valence-corrected chi connectivity index (χ4v) is 5.73. The molecule has 1 aromatic rings. The van der Waals surface area contributed by atoms with Crippen LogP contribution in [0.5, 0.6) is 0 Å². The van der Waals surface area contributed by atoms with Crippen LogP contribution in [0.2, 0.25) is 0 Å². The maximum Gasteiger partial charge on any atom is 0.248 e. The first-order chi connectivity index (χ1) is 15.6. The van der Waals surface area contributed by atoms with E-state index in [9.17, 15) is 9.59 Å². The molecule has 176 valence electrons. The Kier molecular flexibility index (Phi) is 7.84. The Labute approximate surface area is 192 Å². The van der Waals surface area contributed by atoms with E-state index in [4.69, 9.17) is 9.47 Å². The van der Waals surface area contributed by atoms with E-state index in [2.05, 4.69) is 29.2 Å². The van der Waals surface area contributed by atoms with Gasteiger partial charge in [-0.25, -0.2) is 0 Å². The molecule has 1 saturated carbocycles. The first-order valence-electron chi connectivity index (χ1n) is 12.3. The first kappa shape index (κ1) is 23.2. The number of likely N-dealkylation sites (tertiary alicyclic amines) is 1. The van der Waals surface area contributed by atoms with Gasteiger partial charge in [-0.1, -0.05) is 43.5 Å². The van der Waals surface area contributed by atoms with Gasteiger partial charge >= 0.3 is 0 Å². The molecule has 1 spiro atoms. The maximum atomic E-state index is 14.0. The van der Waals surface area contributed by atoms with Crippen LogP contribution in [0.1, 0.15) is 56.1 Å². The van der Waals surface area contributed by atoms with E-state index < -0.39 is 5.41 Å². The topological polar surface area (TPSA) is 59.1 Å². The van der Waals surface area contributed by atoms with E-state index >= 15 is 0 Å². The molecule has 1 aromatic carbocycles. The van der Waals surface area contributed by atoms with Crippen LogP contribution in [0.3, 0.4) is 0 Å². The standard InChI is InChI=1S/C26H38N2O4/c1-31-15-16-32-20-24(29)27-13-11-26(12-14-27)17-22-9-5-6-10-23(22)19-28(25(26)30)18-21-7-3-2-4-8-21/h5-6,9-10,21H,2-4,7-8,11-20H2,1H3. The van der Waals surface area contributed by atoms with Crippen molar-refractivity contribution in [2.75, 3.05) is 46.6 Å². The zero-order valence-electron chi connectivity index (χ0n) is 19.5. The average Bonchev–Trinajstić information content (AvgIpc) is 2.93. The number of ether oxygens (including phenoxy) is 2. The Bertz CT molecular complexity index is 782. The minimum absolute atomic E-state index is 0.0106. The lowest BCUT2D eigenvalue weighted by Gasteiger charge is -2.42. The van der Waals surface area contributed by atoms with Gasteiger partial charge in [-0.3, -0.25) is 9.59 Å². The summed E-state index contributed by atoms with van der Waals surface area (Å²) in [5, 5.41) is 0. The van der Waals surface area contributed by atoms with Crippen molar-refractivity contribution in [3.05, 3.63) is 35.4 Å². The fourth-order valence-electron chi connectivity index (χ4n) is 5.73. The van der Waals surface area contributed by atoms with Gasteiger partial charge in [0, 0.05) is 33.3 Å². The molecule has 6 nitrogen and oxygen atoms in total. The van der Waals surface area contributed by atoms with Crippen LogP contribution >= 0.6 is 0 Å². The van der Waals surface area contributed by atoms with E-state index in [0.717, 1.165) is 32.4 Å². The molecule has 6 heteroatoms. The number of nitrogens with zero attached hydrogens (tertiary/aromatic N) is 2. The number of piperidine rings is 1. The lowest BCUT2D eigenvalue weighted by molar-refractivity contribution is -0.150. The van der Waals surface area contributed by atoms with E-state index in [1.54, 1.807) is 7.11 Å². The highest BCUT2D eigenvalue weighted by molar-refractivity contribution is 5.85. The Balaban J connectivity index is 1.46. The molecule has 0 aromatic heterocycles. The highest BCUT2D eigenvalue weighted by Crippen LogP contribution is 2.41. The Hall–Kier alpha value is -1.92. The lowest BCUT2D eigenvalue weighted by Crippen LogP contribution is -2.52. The summed E-state index contributed by atoms with van der Waals surface area (Å²) in [5.74, 6) is 0.945. The Morgan fingerprint density at radius 1 is 1.06 bits per heavy atom. The van der Waals surface area contributed by atoms with Crippen molar-refractivity contribution in [3.63, 3.8) is 0 Å². The first-order valence-corrected chi connectivity index (χ1v) is 12.3. The van der Waals surface area contributed by atoms with Crippen molar-refractivity contribution in [3.8, 4) is 0 Å². The number of fused-ring (bicyclic) bond motifs is 1.